The highest BCUT2D eigenvalue weighted by Crippen LogP contribution is 2.33. The Hall–Kier alpha value is -0.340. The third kappa shape index (κ3) is 1.10. The quantitative estimate of drug-likeness (QED) is 0.524. The Balaban J connectivity index is 2.14. The first kappa shape index (κ1) is 7.32. The van der Waals surface area contributed by atoms with Gasteiger partial charge in [0.05, 0.1) is 0 Å². The number of hydrazine groups is 1. The Morgan fingerprint density at radius 1 is 1.64 bits per heavy atom. The minimum Gasteiger partial charge on any atom is -0.255 e. The zero-order valence-corrected chi connectivity index (χ0v) is 7.14. The topological polar surface area (TPSA) is 15.3 Å². The van der Waals surface area contributed by atoms with Crippen molar-refractivity contribution in [2.75, 3.05) is 13.6 Å². The summed E-state index contributed by atoms with van der Waals surface area (Å²) in [5, 5.41) is 2.23. The van der Waals surface area contributed by atoms with Crippen molar-refractivity contribution in [3.63, 3.8) is 0 Å². The van der Waals surface area contributed by atoms with Gasteiger partial charge in [-0.05, 0) is 25.2 Å². The third-order valence-electron chi connectivity index (χ3n) is 2.96. The summed E-state index contributed by atoms with van der Waals surface area (Å²) < 4.78 is 0. The van der Waals surface area contributed by atoms with E-state index in [0.717, 1.165) is 12.5 Å². The summed E-state index contributed by atoms with van der Waals surface area (Å²) >= 11 is 0. The van der Waals surface area contributed by atoms with Crippen LogP contribution < -0.4 is 5.43 Å². The van der Waals surface area contributed by atoms with E-state index in [0.29, 0.717) is 6.04 Å². The van der Waals surface area contributed by atoms with Gasteiger partial charge in [-0.1, -0.05) is 12.2 Å². The lowest BCUT2D eigenvalue weighted by molar-refractivity contribution is 0.227. The van der Waals surface area contributed by atoms with Gasteiger partial charge >= 0.3 is 0 Å². The van der Waals surface area contributed by atoms with Crippen molar-refractivity contribution in [1.82, 2.24) is 10.4 Å². The van der Waals surface area contributed by atoms with E-state index in [1.54, 1.807) is 0 Å². The normalized spacial score (nSPS) is 39.2. The summed E-state index contributed by atoms with van der Waals surface area (Å²) in [4.78, 5) is 0. The molecule has 0 spiro atoms. The van der Waals surface area contributed by atoms with Crippen molar-refractivity contribution in [2.45, 2.75) is 25.3 Å². The molecule has 1 heterocycles. The van der Waals surface area contributed by atoms with Crippen LogP contribution in [0.15, 0.2) is 12.2 Å². The van der Waals surface area contributed by atoms with Gasteiger partial charge in [-0.3, -0.25) is 5.43 Å². The van der Waals surface area contributed by atoms with Gasteiger partial charge in [-0.25, -0.2) is 5.01 Å². The van der Waals surface area contributed by atoms with Crippen LogP contribution in [0.4, 0.5) is 0 Å². The number of likely N-dealkylation sites (N-methyl/N-ethyl adjacent to an activating group) is 1. The van der Waals surface area contributed by atoms with Crippen molar-refractivity contribution >= 4 is 0 Å². The summed E-state index contributed by atoms with van der Waals surface area (Å²) in [6.07, 6.45) is 3.95. The van der Waals surface area contributed by atoms with Gasteiger partial charge in [0.25, 0.3) is 0 Å². The van der Waals surface area contributed by atoms with Gasteiger partial charge < -0.3 is 0 Å². The molecule has 0 aromatic carbocycles. The molecule has 11 heavy (non-hydrogen) atoms. The molecular weight excluding hydrogens is 136 g/mol. The predicted octanol–water partition coefficient (Wildman–Crippen LogP) is 1.16. The van der Waals surface area contributed by atoms with Crippen LogP contribution in [0.2, 0.25) is 0 Å². The number of hydrogen-bond donors (Lipinski definition) is 1. The molecule has 0 bridgehead atoms. The second kappa shape index (κ2) is 2.61. The van der Waals surface area contributed by atoms with Gasteiger partial charge in [0.2, 0.25) is 0 Å². The average Bonchev–Trinajstić information content (AvgIpc) is 2.34. The maximum atomic E-state index is 4.13. The number of nitrogens with one attached hydrogen (secondary N) is 1. The van der Waals surface area contributed by atoms with Crippen LogP contribution in [0.3, 0.4) is 0 Å². The molecule has 1 N–H and O–H groups in total. The fourth-order valence-electron chi connectivity index (χ4n) is 2.39. The molecule has 0 aromatic rings. The molecular formula is C9H16N2. The predicted molar refractivity (Wildman–Crippen MR) is 46.0 cm³/mol. The zero-order chi connectivity index (χ0) is 7.84. The Morgan fingerprint density at radius 2 is 2.45 bits per heavy atom. The fraction of sp³-hybridized carbons (Fsp3) is 0.778. The van der Waals surface area contributed by atoms with Crippen molar-refractivity contribution in [3.8, 4) is 0 Å². The van der Waals surface area contributed by atoms with Crippen molar-refractivity contribution < 1.29 is 0 Å². The minimum absolute atomic E-state index is 0.628. The van der Waals surface area contributed by atoms with Crippen LogP contribution in [-0.2, 0) is 0 Å². The zero-order valence-electron chi connectivity index (χ0n) is 7.14. The molecule has 1 aliphatic carbocycles. The molecule has 0 radical (unpaired) electrons. The second-order valence-electron chi connectivity index (χ2n) is 3.73. The molecule has 62 valence electrons. The summed E-state index contributed by atoms with van der Waals surface area (Å²) in [7, 11) is 2.13. The van der Waals surface area contributed by atoms with Crippen molar-refractivity contribution in [1.29, 1.82) is 0 Å². The maximum absolute atomic E-state index is 4.13. The lowest BCUT2D eigenvalue weighted by Gasteiger charge is -2.30. The first-order valence-electron chi connectivity index (χ1n) is 4.43. The van der Waals surface area contributed by atoms with Crippen LogP contribution in [0.25, 0.3) is 0 Å². The third-order valence-corrected chi connectivity index (χ3v) is 2.96. The summed E-state index contributed by atoms with van der Waals surface area (Å²) in [6.45, 7) is 5.28. The lowest BCUT2D eigenvalue weighted by Crippen LogP contribution is -2.36. The SMILES string of the molecule is C=C1CCCC2CNN(C)C12. The van der Waals surface area contributed by atoms with E-state index in [1.165, 1.54) is 24.8 Å². The van der Waals surface area contributed by atoms with Crippen molar-refractivity contribution in [3.05, 3.63) is 12.2 Å². The van der Waals surface area contributed by atoms with Crippen LogP contribution in [0, 0.1) is 5.92 Å². The molecule has 0 amide bonds. The molecule has 2 nitrogen and oxygen atoms in total. The minimum atomic E-state index is 0.628. The van der Waals surface area contributed by atoms with Crippen LogP contribution in [0.5, 0.6) is 0 Å². The van der Waals surface area contributed by atoms with E-state index in [-0.39, 0.29) is 0 Å². The molecule has 1 aliphatic heterocycles. The standard InChI is InChI=1S/C9H16N2/c1-7-4-3-5-8-6-10-11(2)9(7)8/h8-10H,1,3-6H2,2H3. The van der Waals surface area contributed by atoms with E-state index in [9.17, 15) is 0 Å². The van der Waals surface area contributed by atoms with Gasteiger partial charge in [0.15, 0.2) is 0 Å². The average molecular weight is 152 g/mol. The molecule has 2 unspecified atom stereocenters. The van der Waals surface area contributed by atoms with Crippen LogP contribution >= 0.6 is 0 Å². The van der Waals surface area contributed by atoms with E-state index in [4.69, 9.17) is 0 Å². The van der Waals surface area contributed by atoms with E-state index in [2.05, 4.69) is 24.1 Å². The summed E-state index contributed by atoms with van der Waals surface area (Å²) in [5.74, 6) is 0.834. The molecule has 2 aliphatic rings. The Labute approximate surface area is 68.2 Å². The van der Waals surface area contributed by atoms with E-state index < -0.39 is 0 Å². The van der Waals surface area contributed by atoms with Gasteiger partial charge in [0, 0.05) is 19.6 Å². The lowest BCUT2D eigenvalue weighted by atomic mass is 9.83. The highest BCUT2D eigenvalue weighted by atomic mass is 15.5. The van der Waals surface area contributed by atoms with Gasteiger partial charge in [-0.15, -0.1) is 0 Å². The molecule has 2 fully saturated rings. The molecule has 0 aromatic heterocycles. The van der Waals surface area contributed by atoms with Crippen LogP contribution in [0.1, 0.15) is 19.3 Å². The fourth-order valence-corrected chi connectivity index (χ4v) is 2.39. The number of rotatable bonds is 0. The Morgan fingerprint density at radius 3 is 3.18 bits per heavy atom. The van der Waals surface area contributed by atoms with Crippen molar-refractivity contribution in [2.24, 2.45) is 5.92 Å². The second-order valence-corrected chi connectivity index (χ2v) is 3.73. The first-order chi connectivity index (χ1) is 5.29. The molecule has 2 heteroatoms. The first-order valence-corrected chi connectivity index (χ1v) is 4.43. The number of fused-ring (bicyclic) bond motifs is 1. The molecule has 1 saturated heterocycles. The number of hydrogen-bond acceptors (Lipinski definition) is 2. The summed E-state index contributed by atoms with van der Waals surface area (Å²) in [6, 6.07) is 0.628. The number of nitrogens with zero attached hydrogens (tertiary/aromatic N) is 1. The van der Waals surface area contributed by atoms with Gasteiger partial charge in [0.1, 0.15) is 0 Å². The van der Waals surface area contributed by atoms with E-state index >= 15 is 0 Å². The Bertz CT molecular complexity index is 174. The highest BCUT2D eigenvalue weighted by molar-refractivity contribution is 5.13. The Kier molecular flexibility index (Phi) is 1.74. The molecule has 2 rings (SSSR count). The smallest absolute Gasteiger partial charge is 0.0487 e. The van der Waals surface area contributed by atoms with E-state index in [1.807, 2.05) is 0 Å². The molecule has 1 saturated carbocycles. The summed E-state index contributed by atoms with van der Waals surface area (Å²) in [5.41, 5.74) is 4.79. The largest absolute Gasteiger partial charge is 0.255 e. The maximum Gasteiger partial charge on any atom is 0.0487 e. The highest BCUT2D eigenvalue weighted by Gasteiger charge is 2.35. The van der Waals surface area contributed by atoms with Gasteiger partial charge in [-0.2, -0.15) is 0 Å². The monoisotopic (exact) mass is 152 g/mol. The molecule has 2 atom stereocenters. The van der Waals surface area contributed by atoms with Crippen LogP contribution in [-0.4, -0.2) is 24.6 Å².